The van der Waals surface area contributed by atoms with Crippen molar-refractivity contribution < 1.29 is 14.9 Å². The van der Waals surface area contributed by atoms with Gasteiger partial charge in [0.05, 0.1) is 6.61 Å². The first-order valence-corrected chi connectivity index (χ1v) is 5.39. The molecule has 0 saturated heterocycles. The highest BCUT2D eigenvalue weighted by atomic mass is 35.5. The summed E-state index contributed by atoms with van der Waals surface area (Å²) in [6.45, 7) is 1.51. The summed E-state index contributed by atoms with van der Waals surface area (Å²) in [5.74, 6) is 0.576. The lowest BCUT2D eigenvalue weighted by Gasteiger charge is -2.15. The molecular formula is C11H16ClNO3. The highest BCUT2D eigenvalue weighted by Gasteiger charge is 2.10. The van der Waals surface area contributed by atoms with Crippen molar-refractivity contribution in [3.05, 3.63) is 28.8 Å². The number of ether oxygens (including phenoxy) is 1. The van der Waals surface area contributed by atoms with E-state index in [0.717, 1.165) is 5.56 Å². The number of nitrogens with two attached hydrogens (primary N) is 1. The number of hydrogen-bond donors (Lipinski definition) is 3. The maximum absolute atomic E-state index is 9.17. The molecule has 0 bridgehead atoms. The normalized spacial score (nSPS) is 14.6. The molecule has 0 spiro atoms. The van der Waals surface area contributed by atoms with Gasteiger partial charge in [0.15, 0.2) is 0 Å². The van der Waals surface area contributed by atoms with Gasteiger partial charge in [-0.15, -0.1) is 0 Å². The predicted molar refractivity (Wildman–Crippen MR) is 62.6 cm³/mol. The number of aliphatic hydroxyl groups is 2. The lowest BCUT2D eigenvalue weighted by molar-refractivity contribution is 0.0532. The Morgan fingerprint density at radius 1 is 1.50 bits per heavy atom. The Labute approximate surface area is 99.6 Å². The maximum Gasteiger partial charge on any atom is 0.124 e. The highest BCUT2D eigenvalue weighted by molar-refractivity contribution is 6.30. The van der Waals surface area contributed by atoms with E-state index in [1.165, 1.54) is 0 Å². The first-order chi connectivity index (χ1) is 7.54. The molecule has 0 aliphatic heterocycles. The molecule has 4 N–H and O–H groups in total. The number of aliphatic hydroxyl groups excluding tert-OH is 2. The molecule has 2 atom stereocenters. The smallest absolute Gasteiger partial charge is 0.124 e. The molecule has 0 amide bonds. The second kappa shape index (κ2) is 6.06. The Morgan fingerprint density at radius 3 is 2.75 bits per heavy atom. The van der Waals surface area contributed by atoms with Crippen LogP contribution in [-0.2, 0) is 0 Å². The van der Waals surface area contributed by atoms with Crippen molar-refractivity contribution in [2.24, 2.45) is 5.73 Å². The molecule has 1 rings (SSSR count). The van der Waals surface area contributed by atoms with Crippen LogP contribution in [0.3, 0.4) is 0 Å². The van der Waals surface area contributed by atoms with Crippen LogP contribution in [0.2, 0.25) is 5.02 Å². The molecule has 16 heavy (non-hydrogen) atoms. The lowest BCUT2D eigenvalue weighted by Crippen LogP contribution is -2.22. The lowest BCUT2D eigenvalue weighted by atomic mass is 10.1. The highest BCUT2D eigenvalue weighted by Crippen LogP contribution is 2.27. The summed E-state index contributed by atoms with van der Waals surface area (Å²) in [5, 5.41) is 18.4. The van der Waals surface area contributed by atoms with Crippen LogP contribution in [0.25, 0.3) is 0 Å². The van der Waals surface area contributed by atoms with Crippen molar-refractivity contribution in [1.82, 2.24) is 0 Å². The summed E-state index contributed by atoms with van der Waals surface area (Å²) < 4.78 is 5.36. The van der Waals surface area contributed by atoms with Gasteiger partial charge < -0.3 is 20.7 Å². The predicted octanol–water partition coefficient (Wildman–Crippen LogP) is 1.09. The molecular weight excluding hydrogens is 230 g/mol. The topological polar surface area (TPSA) is 75.7 Å². The second-order valence-electron chi connectivity index (χ2n) is 3.62. The van der Waals surface area contributed by atoms with E-state index in [0.29, 0.717) is 10.8 Å². The first-order valence-electron chi connectivity index (χ1n) is 5.01. The van der Waals surface area contributed by atoms with Crippen molar-refractivity contribution in [3.8, 4) is 5.75 Å². The Balaban J connectivity index is 2.78. The average Bonchev–Trinajstić information content (AvgIpc) is 2.26. The average molecular weight is 246 g/mol. The van der Waals surface area contributed by atoms with Gasteiger partial charge in [-0.2, -0.15) is 0 Å². The third-order valence-corrected chi connectivity index (χ3v) is 2.34. The van der Waals surface area contributed by atoms with E-state index in [1.807, 2.05) is 6.92 Å². The van der Waals surface area contributed by atoms with E-state index in [9.17, 15) is 5.11 Å². The van der Waals surface area contributed by atoms with Crippen molar-refractivity contribution in [1.29, 1.82) is 0 Å². The number of halogens is 1. The number of hydrogen-bond acceptors (Lipinski definition) is 4. The van der Waals surface area contributed by atoms with Crippen LogP contribution >= 0.6 is 11.6 Å². The van der Waals surface area contributed by atoms with Gasteiger partial charge in [0, 0.05) is 16.6 Å². The standard InChI is InChI=1S/C11H16ClNO3/c1-7(13)10-4-8(12)2-3-11(10)16-6-9(15)5-14/h2-4,7,9,14-15H,5-6,13H2,1H3. The number of benzene rings is 1. The van der Waals surface area contributed by atoms with E-state index in [4.69, 9.17) is 27.2 Å². The van der Waals surface area contributed by atoms with Crippen LogP contribution in [0.15, 0.2) is 18.2 Å². The fourth-order valence-corrected chi connectivity index (χ4v) is 1.43. The molecule has 0 radical (unpaired) electrons. The van der Waals surface area contributed by atoms with Crippen LogP contribution in [0.4, 0.5) is 0 Å². The largest absolute Gasteiger partial charge is 0.490 e. The van der Waals surface area contributed by atoms with E-state index < -0.39 is 6.10 Å². The van der Waals surface area contributed by atoms with Gasteiger partial charge >= 0.3 is 0 Å². The van der Waals surface area contributed by atoms with Crippen LogP contribution in [-0.4, -0.2) is 29.5 Å². The molecule has 0 saturated carbocycles. The molecule has 1 aromatic rings. The quantitative estimate of drug-likeness (QED) is 0.726. The molecule has 0 aliphatic rings. The summed E-state index contributed by atoms with van der Waals surface area (Å²) in [4.78, 5) is 0. The van der Waals surface area contributed by atoms with Crippen molar-refractivity contribution in [2.45, 2.75) is 19.1 Å². The van der Waals surface area contributed by atoms with Gasteiger partial charge in [-0.1, -0.05) is 11.6 Å². The fourth-order valence-electron chi connectivity index (χ4n) is 1.25. The van der Waals surface area contributed by atoms with E-state index in [-0.39, 0.29) is 19.3 Å². The van der Waals surface area contributed by atoms with Crippen LogP contribution in [0, 0.1) is 0 Å². The molecule has 0 heterocycles. The van der Waals surface area contributed by atoms with Crippen LogP contribution in [0.5, 0.6) is 5.75 Å². The minimum Gasteiger partial charge on any atom is -0.490 e. The zero-order valence-corrected chi connectivity index (χ0v) is 9.81. The molecule has 0 aromatic heterocycles. The first kappa shape index (κ1) is 13.3. The van der Waals surface area contributed by atoms with E-state index in [1.54, 1.807) is 18.2 Å². The Bertz CT molecular complexity index is 344. The fraction of sp³-hybridized carbons (Fsp3) is 0.455. The minimum absolute atomic E-state index is 0.0256. The molecule has 4 nitrogen and oxygen atoms in total. The van der Waals surface area contributed by atoms with Gasteiger partial charge in [-0.3, -0.25) is 0 Å². The second-order valence-corrected chi connectivity index (χ2v) is 4.05. The Morgan fingerprint density at radius 2 is 2.19 bits per heavy atom. The van der Waals surface area contributed by atoms with Crippen molar-refractivity contribution in [2.75, 3.05) is 13.2 Å². The molecule has 90 valence electrons. The van der Waals surface area contributed by atoms with E-state index in [2.05, 4.69) is 0 Å². The third kappa shape index (κ3) is 3.64. The monoisotopic (exact) mass is 245 g/mol. The molecule has 0 fully saturated rings. The van der Waals surface area contributed by atoms with E-state index >= 15 is 0 Å². The minimum atomic E-state index is -0.892. The van der Waals surface area contributed by atoms with Gasteiger partial charge in [0.25, 0.3) is 0 Å². The summed E-state index contributed by atoms with van der Waals surface area (Å²) in [7, 11) is 0. The zero-order valence-electron chi connectivity index (χ0n) is 9.06. The number of rotatable bonds is 5. The summed E-state index contributed by atoms with van der Waals surface area (Å²) in [6.07, 6.45) is -0.892. The van der Waals surface area contributed by atoms with Crippen molar-refractivity contribution >= 4 is 11.6 Å². The SMILES string of the molecule is CC(N)c1cc(Cl)ccc1OCC(O)CO. The van der Waals surface area contributed by atoms with Gasteiger partial charge in [0.1, 0.15) is 18.5 Å². The maximum atomic E-state index is 9.17. The van der Waals surface area contributed by atoms with Gasteiger partial charge in [-0.25, -0.2) is 0 Å². The van der Waals surface area contributed by atoms with Gasteiger partial charge in [-0.05, 0) is 25.1 Å². The Hall–Kier alpha value is -0.810. The zero-order chi connectivity index (χ0) is 12.1. The molecule has 5 heteroatoms. The van der Waals surface area contributed by atoms with Crippen molar-refractivity contribution in [3.63, 3.8) is 0 Å². The van der Waals surface area contributed by atoms with Crippen LogP contribution in [0.1, 0.15) is 18.5 Å². The molecule has 0 aliphatic carbocycles. The van der Waals surface area contributed by atoms with Crippen LogP contribution < -0.4 is 10.5 Å². The summed E-state index contributed by atoms with van der Waals surface area (Å²) in [6, 6.07) is 4.91. The summed E-state index contributed by atoms with van der Waals surface area (Å²) >= 11 is 5.85. The molecule has 2 unspecified atom stereocenters. The van der Waals surface area contributed by atoms with Gasteiger partial charge in [0.2, 0.25) is 0 Å². The third-order valence-electron chi connectivity index (χ3n) is 2.10. The summed E-state index contributed by atoms with van der Waals surface area (Å²) in [5.41, 5.74) is 6.55. The molecule has 1 aromatic carbocycles. The Kier molecular flexibility index (Phi) is 5.02.